The highest BCUT2D eigenvalue weighted by atomic mass is 16.2. The quantitative estimate of drug-likeness (QED) is 0.688. The Labute approximate surface area is 72.4 Å². The number of aromatic nitrogens is 2. The molecule has 0 radical (unpaired) electrons. The van der Waals surface area contributed by atoms with Gasteiger partial charge in [0, 0.05) is 18.8 Å². The lowest BCUT2D eigenvalue weighted by Crippen LogP contribution is -2.11. The first-order valence-electron chi connectivity index (χ1n) is 4.25. The Balaban J connectivity index is 2.50. The van der Waals surface area contributed by atoms with E-state index in [0.29, 0.717) is 12.3 Å². The van der Waals surface area contributed by atoms with E-state index in [0.717, 1.165) is 6.42 Å². The van der Waals surface area contributed by atoms with Crippen molar-refractivity contribution in [2.45, 2.75) is 26.7 Å². The van der Waals surface area contributed by atoms with Crippen molar-refractivity contribution in [3.05, 3.63) is 18.7 Å². The van der Waals surface area contributed by atoms with Crippen LogP contribution < -0.4 is 0 Å². The Morgan fingerprint density at radius 3 is 2.92 bits per heavy atom. The first kappa shape index (κ1) is 8.97. The highest BCUT2D eigenvalue weighted by molar-refractivity contribution is 5.78. The summed E-state index contributed by atoms with van der Waals surface area (Å²) in [5.41, 5.74) is 0. The van der Waals surface area contributed by atoms with Gasteiger partial charge in [-0.05, 0) is 5.92 Å². The summed E-state index contributed by atoms with van der Waals surface area (Å²) in [6.07, 6.45) is 6.50. The molecule has 0 aliphatic rings. The maximum Gasteiger partial charge on any atom is 0.232 e. The van der Waals surface area contributed by atoms with Crippen molar-refractivity contribution < 1.29 is 4.79 Å². The van der Waals surface area contributed by atoms with Crippen LogP contribution in [0.5, 0.6) is 0 Å². The van der Waals surface area contributed by atoms with Crippen molar-refractivity contribution in [2.24, 2.45) is 5.92 Å². The van der Waals surface area contributed by atoms with E-state index in [4.69, 9.17) is 0 Å². The fraction of sp³-hybridized carbons (Fsp3) is 0.556. The predicted octanol–water partition coefficient (Wildman–Crippen LogP) is 1.96. The van der Waals surface area contributed by atoms with Gasteiger partial charge in [-0.15, -0.1) is 0 Å². The summed E-state index contributed by atoms with van der Waals surface area (Å²) in [5, 5.41) is 0. The molecule has 1 heterocycles. The van der Waals surface area contributed by atoms with Gasteiger partial charge in [0.1, 0.15) is 6.33 Å². The van der Waals surface area contributed by atoms with Crippen LogP contribution in [0.1, 0.15) is 31.5 Å². The third kappa shape index (κ3) is 2.19. The molecular formula is C9H14N2O. The van der Waals surface area contributed by atoms with Gasteiger partial charge in [0.25, 0.3) is 0 Å². The van der Waals surface area contributed by atoms with E-state index >= 15 is 0 Å². The molecule has 0 N–H and O–H groups in total. The van der Waals surface area contributed by atoms with Crippen LogP contribution in [0.25, 0.3) is 0 Å². The van der Waals surface area contributed by atoms with E-state index < -0.39 is 0 Å². The largest absolute Gasteiger partial charge is 0.276 e. The number of hydrogen-bond donors (Lipinski definition) is 0. The molecule has 12 heavy (non-hydrogen) atoms. The van der Waals surface area contributed by atoms with Crippen molar-refractivity contribution in [2.75, 3.05) is 0 Å². The average molecular weight is 166 g/mol. The monoisotopic (exact) mass is 166 g/mol. The second kappa shape index (κ2) is 4.04. The fourth-order valence-electron chi connectivity index (χ4n) is 0.954. The van der Waals surface area contributed by atoms with Gasteiger partial charge in [-0.25, -0.2) is 4.98 Å². The standard InChI is InChI=1S/C9H14N2O/c1-3-8(2)6-9(12)11-5-4-10-7-11/h4-5,7-8H,3,6H2,1-2H3. The first-order valence-corrected chi connectivity index (χ1v) is 4.25. The Morgan fingerprint density at radius 1 is 1.67 bits per heavy atom. The number of carbonyl (C=O) groups is 1. The van der Waals surface area contributed by atoms with Crippen LogP contribution in [0.4, 0.5) is 0 Å². The number of rotatable bonds is 3. The van der Waals surface area contributed by atoms with Crippen LogP contribution in [0, 0.1) is 5.92 Å². The van der Waals surface area contributed by atoms with Crippen LogP contribution in [0.15, 0.2) is 18.7 Å². The third-order valence-corrected chi connectivity index (χ3v) is 2.01. The van der Waals surface area contributed by atoms with E-state index in [2.05, 4.69) is 18.8 Å². The SMILES string of the molecule is CCC(C)CC(=O)n1ccnc1. The van der Waals surface area contributed by atoms with Gasteiger partial charge in [-0.3, -0.25) is 9.36 Å². The smallest absolute Gasteiger partial charge is 0.232 e. The van der Waals surface area contributed by atoms with Crippen LogP contribution in [-0.2, 0) is 0 Å². The molecule has 1 atom stereocenters. The molecule has 0 saturated carbocycles. The molecule has 0 fully saturated rings. The minimum Gasteiger partial charge on any atom is -0.276 e. The molecular weight excluding hydrogens is 152 g/mol. The van der Waals surface area contributed by atoms with E-state index in [1.165, 1.54) is 4.57 Å². The highest BCUT2D eigenvalue weighted by Gasteiger charge is 2.07. The first-order chi connectivity index (χ1) is 5.74. The van der Waals surface area contributed by atoms with Crippen LogP contribution >= 0.6 is 0 Å². The summed E-state index contributed by atoms with van der Waals surface area (Å²) in [6.45, 7) is 4.17. The maximum absolute atomic E-state index is 11.4. The zero-order chi connectivity index (χ0) is 8.97. The molecule has 3 heteroatoms. The lowest BCUT2D eigenvalue weighted by Gasteiger charge is -2.06. The van der Waals surface area contributed by atoms with Gasteiger partial charge in [0.05, 0.1) is 0 Å². The van der Waals surface area contributed by atoms with Crippen LogP contribution in [0.2, 0.25) is 0 Å². The Kier molecular flexibility index (Phi) is 3.02. The van der Waals surface area contributed by atoms with E-state index in [9.17, 15) is 4.79 Å². The van der Waals surface area contributed by atoms with Crippen molar-refractivity contribution in [3.63, 3.8) is 0 Å². The van der Waals surface area contributed by atoms with Gasteiger partial charge < -0.3 is 0 Å². The molecule has 3 nitrogen and oxygen atoms in total. The molecule has 0 amide bonds. The molecule has 0 bridgehead atoms. The van der Waals surface area contributed by atoms with Crippen LogP contribution in [0.3, 0.4) is 0 Å². The van der Waals surface area contributed by atoms with Crippen molar-refractivity contribution >= 4 is 5.91 Å². The normalized spacial score (nSPS) is 12.8. The van der Waals surface area contributed by atoms with Crippen molar-refractivity contribution in [3.8, 4) is 0 Å². The Bertz CT molecular complexity index is 241. The van der Waals surface area contributed by atoms with Crippen molar-refractivity contribution in [1.29, 1.82) is 0 Å². The minimum atomic E-state index is 0.127. The summed E-state index contributed by atoms with van der Waals surface area (Å²) in [4.78, 5) is 15.2. The predicted molar refractivity (Wildman–Crippen MR) is 46.9 cm³/mol. The molecule has 1 aromatic rings. The lowest BCUT2D eigenvalue weighted by atomic mass is 10.1. The summed E-state index contributed by atoms with van der Waals surface area (Å²) < 4.78 is 1.53. The number of carbonyl (C=O) groups excluding carboxylic acids is 1. The zero-order valence-corrected chi connectivity index (χ0v) is 7.53. The fourth-order valence-corrected chi connectivity index (χ4v) is 0.954. The number of hydrogen-bond acceptors (Lipinski definition) is 2. The molecule has 1 rings (SSSR count). The van der Waals surface area contributed by atoms with Gasteiger partial charge in [-0.1, -0.05) is 20.3 Å². The minimum absolute atomic E-state index is 0.127. The van der Waals surface area contributed by atoms with Crippen molar-refractivity contribution in [1.82, 2.24) is 9.55 Å². The van der Waals surface area contributed by atoms with E-state index in [1.807, 2.05) is 0 Å². The molecule has 0 saturated heterocycles. The summed E-state index contributed by atoms with van der Waals surface area (Å²) in [7, 11) is 0. The van der Waals surface area contributed by atoms with Crippen LogP contribution in [-0.4, -0.2) is 15.5 Å². The molecule has 0 aliphatic carbocycles. The van der Waals surface area contributed by atoms with Gasteiger partial charge >= 0.3 is 0 Å². The molecule has 1 unspecified atom stereocenters. The molecule has 1 aromatic heterocycles. The van der Waals surface area contributed by atoms with Gasteiger partial charge in [0.2, 0.25) is 5.91 Å². The number of imidazole rings is 1. The summed E-state index contributed by atoms with van der Waals surface area (Å²) in [5.74, 6) is 0.585. The maximum atomic E-state index is 11.4. The highest BCUT2D eigenvalue weighted by Crippen LogP contribution is 2.07. The van der Waals surface area contributed by atoms with E-state index in [1.54, 1.807) is 18.7 Å². The van der Waals surface area contributed by atoms with E-state index in [-0.39, 0.29) is 5.91 Å². The Hall–Kier alpha value is -1.12. The second-order valence-electron chi connectivity index (χ2n) is 3.08. The second-order valence-corrected chi connectivity index (χ2v) is 3.08. The molecule has 0 aromatic carbocycles. The molecule has 0 aliphatic heterocycles. The molecule has 66 valence electrons. The Morgan fingerprint density at radius 2 is 2.42 bits per heavy atom. The molecule has 0 spiro atoms. The zero-order valence-electron chi connectivity index (χ0n) is 7.53. The van der Waals surface area contributed by atoms with Gasteiger partial charge in [0.15, 0.2) is 0 Å². The topological polar surface area (TPSA) is 34.9 Å². The average Bonchev–Trinajstić information content (AvgIpc) is 2.56. The van der Waals surface area contributed by atoms with Gasteiger partial charge in [-0.2, -0.15) is 0 Å². The summed E-state index contributed by atoms with van der Waals surface area (Å²) >= 11 is 0. The number of nitrogens with zero attached hydrogens (tertiary/aromatic N) is 2. The summed E-state index contributed by atoms with van der Waals surface area (Å²) in [6, 6.07) is 0. The third-order valence-electron chi connectivity index (χ3n) is 2.01. The lowest BCUT2D eigenvalue weighted by molar-refractivity contribution is 0.0882.